The Bertz CT molecular complexity index is 865. The number of hydrogen-bond donors (Lipinski definition) is 1. The van der Waals surface area contributed by atoms with Gasteiger partial charge in [0.05, 0.1) is 21.1 Å². The van der Waals surface area contributed by atoms with Gasteiger partial charge in [0.25, 0.3) is 5.91 Å². The number of likely N-dealkylation sites (tertiary alicyclic amines) is 1. The largest absolute Gasteiger partial charge is 0.481 e. The number of halogens is 2. The molecule has 6 nitrogen and oxygen atoms in total. The van der Waals surface area contributed by atoms with Gasteiger partial charge in [-0.05, 0) is 36.6 Å². The molecule has 1 aliphatic heterocycles. The van der Waals surface area contributed by atoms with Gasteiger partial charge in [-0.15, -0.1) is 0 Å². The Hall–Kier alpha value is -2.05. The summed E-state index contributed by atoms with van der Waals surface area (Å²) in [5, 5.41) is 14.8. The van der Waals surface area contributed by atoms with Gasteiger partial charge in [-0.1, -0.05) is 37.0 Å². The van der Waals surface area contributed by atoms with Crippen molar-refractivity contribution in [1.82, 2.24) is 14.7 Å². The first kappa shape index (κ1) is 18.7. The number of carboxylic acid groups (broad SMARTS) is 1. The Labute approximate surface area is 161 Å². The van der Waals surface area contributed by atoms with Crippen molar-refractivity contribution in [2.24, 2.45) is 11.3 Å². The second-order valence-electron chi connectivity index (χ2n) is 6.84. The second kappa shape index (κ2) is 6.93. The van der Waals surface area contributed by atoms with Crippen molar-refractivity contribution in [3.63, 3.8) is 0 Å². The van der Waals surface area contributed by atoms with Gasteiger partial charge in [0, 0.05) is 19.3 Å². The van der Waals surface area contributed by atoms with Crippen LogP contribution >= 0.6 is 23.2 Å². The van der Waals surface area contributed by atoms with Gasteiger partial charge >= 0.3 is 5.97 Å². The third-order valence-corrected chi connectivity index (χ3v) is 5.83. The number of amides is 1. The van der Waals surface area contributed by atoms with Crippen molar-refractivity contribution in [1.29, 1.82) is 0 Å². The molecular weight excluding hydrogens is 377 g/mol. The molecule has 1 amide bonds. The van der Waals surface area contributed by atoms with E-state index in [9.17, 15) is 14.7 Å². The van der Waals surface area contributed by atoms with E-state index in [1.807, 2.05) is 13.8 Å². The molecule has 1 saturated heterocycles. The number of benzene rings is 1. The van der Waals surface area contributed by atoms with Crippen LogP contribution < -0.4 is 0 Å². The van der Waals surface area contributed by atoms with E-state index in [1.54, 1.807) is 40.0 Å². The summed E-state index contributed by atoms with van der Waals surface area (Å²) in [6, 6.07) is 6.68. The summed E-state index contributed by atoms with van der Waals surface area (Å²) in [5.41, 5.74) is 0.0463. The predicted octanol–water partition coefficient (Wildman–Crippen LogP) is 3.75. The van der Waals surface area contributed by atoms with Crippen molar-refractivity contribution >= 4 is 35.1 Å². The zero-order valence-corrected chi connectivity index (χ0v) is 16.0. The minimum absolute atomic E-state index is 0.0634. The monoisotopic (exact) mass is 395 g/mol. The summed E-state index contributed by atoms with van der Waals surface area (Å²) in [5.74, 6) is -1.19. The highest BCUT2D eigenvalue weighted by molar-refractivity contribution is 6.42. The van der Waals surface area contributed by atoms with E-state index in [0.717, 1.165) is 0 Å². The molecule has 138 valence electrons. The van der Waals surface area contributed by atoms with Crippen LogP contribution in [0.2, 0.25) is 10.0 Å². The Morgan fingerprint density at radius 2 is 1.96 bits per heavy atom. The van der Waals surface area contributed by atoms with Crippen molar-refractivity contribution in [2.75, 3.05) is 13.1 Å². The van der Waals surface area contributed by atoms with E-state index < -0.39 is 11.4 Å². The van der Waals surface area contributed by atoms with E-state index in [4.69, 9.17) is 23.2 Å². The summed E-state index contributed by atoms with van der Waals surface area (Å²) in [6.45, 7) is 4.35. The first-order valence-corrected chi connectivity index (χ1v) is 9.04. The van der Waals surface area contributed by atoms with Crippen LogP contribution in [-0.2, 0) is 4.79 Å². The van der Waals surface area contributed by atoms with Crippen LogP contribution in [0, 0.1) is 11.3 Å². The third-order valence-electron chi connectivity index (χ3n) is 5.10. The van der Waals surface area contributed by atoms with Gasteiger partial charge in [-0.3, -0.25) is 9.59 Å². The number of rotatable bonds is 4. The fourth-order valence-electron chi connectivity index (χ4n) is 3.27. The highest BCUT2D eigenvalue weighted by Crippen LogP contribution is 2.38. The minimum atomic E-state index is -0.901. The topological polar surface area (TPSA) is 75.4 Å². The minimum Gasteiger partial charge on any atom is -0.481 e. The smallest absolute Gasteiger partial charge is 0.311 e. The number of hydrogen-bond acceptors (Lipinski definition) is 3. The van der Waals surface area contributed by atoms with Crippen LogP contribution in [-0.4, -0.2) is 44.8 Å². The average Bonchev–Trinajstić information content (AvgIpc) is 3.24. The predicted molar refractivity (Wildman–Crippen MR) is 99.0 cm³/mol. The summed E-state index contributed by atoms with van der Waals surface area (Å²) < 4.78 is 1.54. The molecule has 0 saturated carbocycles. The molecule has 1 atom stereocenters. The second-order valence-corrected chi connectivity index (χ2v) is 7.65. The fraction of sp³-hybridized carbons (Fsp3) is 0.389. The highest BCUT2D eigenvalue weighted by Gasteiger charge is 2.48. The molecule has 2 aromatic rings. The summed E-state index contributed by atoms with van der Waals surface area (Å²) in [6.07, 6.45) is 2.11. The number of carbonyl (C=O) groups is 2. The normalized spacial score (nSPS) is 20.0. The van der Waals surface area contributed by atoms with Crippen LogP contribution in [0.1, 0.15) is 30.8 Å². The molecule has 1 fully saturated rings. The SMILES string of the molecule is CC(C)C1(C(=O)O)CCN(C(=O)c2ccn(-c3ccc(Cl)c(Cl)c3)n2)C1. The van der Waals surface area contributed by atoms with Gasteiger partial charge < -0.3 is 10.0 Å². The molecule has 1 aliphatic rings. The molecule has 0 radical (unpaired) electrons. The highest BCUT2D eigenvalue weighted by atomic mass is 35.5. The molecule has 0 spiro atoms. The number of aromatic nitrogens is 2. The molecule has 8 heteroatoms. The molecule has 1 aromatic heterocycles. The van der Waals surface area contributed by atoms with Gasteiger partial charge in [0.2, 0.25) is 0 Å². The van der Waals surface area contributed by atoms with Crippen molar-refractivity contribution in [3.8, 4) is 5.69 Å². The lowest BCUT2D eigenvalue weighted by Gasteiger charge is -2.28. The lowest BCUT2D eigenvalue weighted by atomic mass is 9.76. The zero-order valence-electron chi connectivity index (χ0n) is 14.4. The van der Waals surface area contributed by atoms with E-state index in [-0.39, 0.29) is 24.1 Å². The third kappa shape index (κ3) is 3.19. The maximum absolute atomic E-state index is 12.8. The summed E-state index contributed by atoms with van der Waals surface area (Å²) in [4.78, 5) is 26.1. The number of carboxylic acids is 1. The molecule has 26 heavy (non-hydrogen) atoms. The first-order chi connectivity index (χ1) is 12.2. The number of aliphatic carboxylic acids is 1. The average molecular weight is 396 g/mol. The standard InChI is InChI=1S/C18H19Cl2N3O3/c1-11(2)18(17(25)26)6-8-22(10-18)16(24)15-5-7-23(21-15)12-3-4-13(19)14(20)9-12/h3-5,7,9,11H,6,8,10H2,1-2H3,(H,25,26). The molecule has 1 aromatic carbocycles. The lowest BCUT2D eigenvalue weighted by molar-refractivity contribution is -0.150. The van der Waals surface area contributed by atoms with Crippen LogP contribution in [0.5, 0.6) is 0 Å². The molecule has 1 N–H and O–H groups in total. The lowest BCUT2D eigenvalue weighted by Crippen LogP contribution is -2.40. The van der Waals surface area contributed by atoms with E-state index in [0.29, 0.717) is 28.7 Å². The Morgan fingerprint density at radius 1 is 1.23 bits per heavy atom. The van der Waals surface area contributed by atoms with E-state index in [1.165, 1.54) is 0 Å². The Balaban J connectivity index is 1.81. The number of nitrogens with zero attached hydrogens (tertiary/aromatic N) is 3. The van der Waals surface area contributed by atoms with Crippen molar-refractivity contribution in [2.45, 2.75) is 20.3 Å². The molecule has 2 heterocycles. The summed E-state index contributed by atoms with van der Waals surface area (Å²) >= 11 is 11.9. The fourth-order valence-corrected chi connectivity index (χ4v) is 3.56. The van der Waals surface area contributed by atoms with Crippen LogP contribution in [0.15, 0.2) is 30.5 Å². The summed E-state index contributed by atoms with van der Waals surface area (Å²) in [7, 11) is 0. The zero-order chi connectivity index (χ0) is 19.1. The van der Waals surface area contributed by atoms with Crippen LogP contribution in [0.25, 0.3) is 5.69 Å². The first-order valence-electron chi connectivity index (χ1n) is 8.28. The van der Waals surface area contributed by atoms with Crippen molar-refractivity contribution in [3.05, 3.63) is 46.2 Å². The molecule has 0 bridgehead atoms. The van der Waals surface area contributed by atoms with Gasteiger partial charge in [-0.25, -0.2) is 4.68 Å². The van der Waals surface area contributed by atoms with Crippen LogP contribution in [0.3, 0.4) is 0 Å². The van der Waals surface area contributed by atoms with Gasteiger partial charge in [0.1, 0.15) is 0 Å². The van der Waals surface area contributed by atoms with Crippen molar-refractivity contribution < 1.29 is 14.7 Å². The number of carbonyl (C=O) groups excluding carboxylic acids is 1. The Kier molecular flexibility index (Phi) is 4.99. The van der Waals surface area contributed by atoms with Crippen LogP contribution in [0.4, 0.5) is 0 Å². The molecular formula is C18H19Cl2N3O3. The van der Waals surface area contributed by atoms with Gasteiger partial charge in [0.15, 0.2) is 5.69 Å². The molecule has 3 rings (SSSR count). The molecule has 1 unspecified atom stereocenters. The van der Waals surface area contributed by atoms with Gasteiger partial charge in [-0.2, -0.15) is 5.10 Å². The quantitative estimate of drug-likeness (QED) is 0.854. The maximum Gasteiger partial charge on any atom is 0.311 e. The van der Waals surface area contributed by atoms with E-state index >= 15 is 0 Å². The Morgan fingerprint density at radius 3 is 2.54 bits per heavy atom. The molecule has 0 aliphatic carbocycles. The van der Waals surface area contributed by atoms with E-state index in [2.05, 4.69) is 5.10 Å². The maximum atomic E-state index is 12.8.